The Morgan fingerprint density at radius 1 is 1.24 bits per heavy atom. The first-order valence-electron chi connectivity index (χ1n) is 7.33. The number of carbonyl (C=O) groups excluding carboxylic acids is 1. The molecule has 1 unspecified atom stereocenters. The maximum absolute atomic E-state index is 12.2. The predicted octanol–water partition coefficient (Wildman–Crippen LogP) is 1.66. The quantitative estimate of drug-likeness (QED) is 0.595. The van der Waals surface area contributed by atoms with Gasteiger partial charge in [-0.05, 0) is 24.6 Å². The highest BCUT2D eigenvalue weighted by Crippen LogP contribution is 2.20. The zero-order chi connectivity index (χ0) is 18.6. The van der Waals surface area contributed by atoms with Crippen molar-refractivity contribution in [2.24, 2.45) is 5.14 Å². The van der Waals surface area contributed by atoms with E-state index in [0.717, 1.165) is 0 Å². The standard InChI is InChI=1S/C16H17N3O5S/c1-11(12-6-4-7-14(9-12)25(17,23)24)18-16(20)10-13-5-2-3-8-15(13)19(21)22/h2-9,11H,10H2,1H3,(H,18,20)(H2,17,23,24). The number of primary sulfonamides is 1. The number of rotatable bonds is 6. The summed E-state index contributed by atoms with van der Waals surface area (Å²) in [6.45, 7) is 1.68. The van der Waals surface area contributed by atoms with Crippen molar-refractivity contribution < 1.29 is 18.1 Å². The summed E-state index contributed by atoms with van der Waals surface area (Å²) >= 11 is 0. The van der Waals surface area contributed by atoms with Crippen molar-refractivity contribution in [2.45, 2.75) is 24.3 Å². The minimum Gasteiger partial charge on any atom is -0.349 e. The molecule has 25 heavy (non-hydrogen) atoms. The van der Waals surface area contributed by atoms with Gasteiger partial charge in [-0.25, -0.2) is 13.6 Å². The maximum atomic E-state index is 12.2. The monoisotopic (exact) mass is 363 g/mol. The molecule has 0 radical (unpaired) electrons. The summed E-state index contributed by atoms with van der Waals surface area (Å²) in [5, 5.41) is 18.8. The van der Waals surface area contributed by atoms with E-state index in [9.17, 15) is 23.3 Å². The second-order valence-electron chi connectivity index (χ2n) is 5.47. The molecule has 0 aromatic heterocycles. The first-order valence-corrected chi connectivity index (χ1v) is 8.87. The van der Waals surface area contributed by atoms with Crippen LogP contribution in [0, 0.1) is 10.1 Å². The van der Waals surface area contributed by atoms with Crippen molar-refractivity contribution in [3.63, 3.8) is 0 Å². The molecule has 1 atom stereocenters. The van der Waals surface area contributed by atoms with Gasteiger partial charge in [0.2, 0.25) is 15.9 Å². The summed E-state index contributed by atoms with van der Waals surface area (Å²) in [6, 6.07) is 11.4. The Hall–Kier alpha value is -2.78. The third-order valence-corrected chi connectivity index (χ3v) is 4.51. The van der Waals surface area contributed by atoms with Crippen LogP contribution in [-0.2, 0) is 21.2 Å². The smallest absolute Gasteiger partial charge is 0.273 e. The molecule has 0 bridgehead atoms. The molecule has 0 heterocycles. The van der Waals surface area contributed by atoms with Crippen LogP contribution >= 0.6 is 0 Å². The minimum atomic E-state index is -3.84. The molecular formula is C16H17N3O5S. The molecule has 8 nitrogen and oxygen atoms in total. The number of nitrogens with two attached hydrogens (primary N) is 1. The van der Waals surface area contributed by atoms with Crippen molar-refractivity contribution in [2.75, 3.05) is 0 Å². The summed E-state index contributed by atoms with van der Waals surface area (Å²) in [5.74, 6) is -0.414. The molecule has 2 aromatic rings. The van der Waals surface area contributed by atoms with Crippen LogP contribution in [-0.4, -0.2) is 19.2 Å². The number of nitrogens with zero attached hydrogens (tertiary/aromatic N) is 1. The zero-order valence-electron chi connectivity index (χ0n) is 13.4. The second kappa shape index (κ2) is 7.41. The fourth-order valence-electron chi connectivity index (χ4n) is 2.35. The van der Waals surface area contributed by atoms with Crippen LogP contribution in [0.4, 0.5) is 5.69 Å². The molecule has 0 fully saturated rings. The number of nitrogens with one attached hydrogen (secondary N) is 1. The lowest BCUT2D eigenvalue weighted by Crippen LogP contribution is -2.28. The Morgan fingerprint density at radius 2 is 1.92 bits per heavy atom. The third-order valence-electron chi connectivity index (χ3n) is 3.60. The number of sulfonamides is 1. The molecule has 2 aromatic carbocycles. The molecular weight excluding hydrogens is 346 g/mol. The Balaban J connectivity index is 2.12. The SMILES string of the molecule is CC(NC(=O)Cc1ccccc1[N+](=O)[O-])c1cccc(S(N)(=O)=O)c1. The van der Waals surface area contributed by atoms with Crippen LogP contribution in [0.3, 0.4) is 0 Å². The highest BCUT2D eigenvalue weighted by Gasteiger charge is 2.18. The summed E-state index contributed by atoms with van der Waals surface area (Å²) in [7, 11) is -3.84. The average molecular weight is 363 g/mol. The molecule has 0 saturated heterocycles. The Morgan fingerprint density at radius 3 is 2.56 bits per heavy atom. The van der Waals surface area contributed by atoms with Gasteiger partial charge in [0, 0.05) is 11.6 Å². The number of para-hydroxylation sites is 1. The van der Waals surface area contributed by atoms with E-state index in [1.165, 1.54) is 36.4 Å². The largest absolute Gasteiger partial charge is 0.349 e. The topological polar surface area (TPSA) is 132 Å². The summed E-state index contributed by atoms with van der Waals surface area (Å²) < 4.78 is 22.8. The molecule has 9 heteroatoms. The second-order valence-corrected chi connectivity index (χ2v) is 7.03. The Kier molecular flexibility index (Phi) is 5.50. The number of amides is 1. The van der Waals surface area contributed by atoms with Gasteiger partial charge in [0.15, 0.2) is 0 Å². The van der Waals surface area contributed by atoms with E-state index in [-0.39, 0.29) is 17.0 Å². The van der Waals surface area contributed by atoms with Gasteiger partial charge in [-0.15, -0.1) is 0 Å². The number of hydrogen-bond acceptors (Lipinski definition) is 5. The van der Waals surface area contributed by atoms with Crippen LogP contribution in [0.5, 0.6) is 0 Å². The molecule has 3 N–H and O–H groups in total. The summed E-state index contributed by atoms with van der Waals surface area (Å²) in [5.41, 5.74) is 0.736. The normalized spacial score (nSPS) is 12.4. The Bertz CT molecular complexity index is 911. The van der Waals surface area contributed by atoms with E-state index in [1.54, 1.807) is 19.1 Å². The van der Waals surface area contributed by atoms with Crippen LogP contribution in [0.15, 0.2) is 53.4 Å². The first-order chi connectivity index (χ1) is 11.7. The number of nitro groups is 1. The van der Waals surface area contributed by atoms with Crippen molar-refractivity contribution in [3.05, 3.63) is 69.8 Å². The molecule has 0 aliphatic heterocycles. The van der Waals surface area contributed by atoms with Gasteiger partial charge in [-0.1, -0.05) is 30.3 Å². The van der Waals surface area contributed by atoms with Crippen LogP contribution in [0.25, 0.3) is 0 Å². The van der Waals surface area contributed by atoms with Gasteiger partial charge in [-0.2, -0.15) is 0 Å². The van der Waals surface area contributed by atoms with Gasteiger partial charge >= 0.3 is 0 Å². The fourth-order valence-corrected chi connectivity index (χ4v) is 2.92. The maximum Gasteiger partial charge on any atom is 0.273 e. The molecule has 2 rings (SSSR count). The molecule has 0 aliphatic carbocycles. The van der Waals surface area contributed by atoms with E-state index in [4.69, 9.17) is 5.14 Å². The third kappa shape index (κ3) is 4.85. The number of nitro benzene ring substituents is 1. The van der Waals surface area contributed by atoms with E-state index in [2.05, 4.69) is 5.32 Å². The molecule has 1 amide bonds. The van der Waals surface area contributed by atoms with Crippen molar-refractivity contribution in [1.29, 1.82) is 0 Å². The van der Waals surface area contributed by atoms with E-state index in [1.807, 2.05) is 0 Å². The first kappa shape index (κ1) is 18.6. The molecule has 0 aliphatic rings. The summed E-state index contributed by atoms with van der Waals surface area (Å²) in [6.07, 6.45) is -0.156. The van der Waals surface area contributed by atoms with Crippen LogP contribution < -0.4 is 10.5 Å². The lowest BCUT2D eigenvalue weighted by atomic mass is 10.1. The average Bonchev–Trinajstić information content (AvgIpc) is 2.54. The van der Waals surface area contributed by atoms with Crippen molar-refractivity contribution >= 4 is 21.6 Å². The molecule has 132 valence electrons. The Labute approximate surface area is 144 Å². The van der Waals surface area contributed by atoms with Gasteiger partial charge in [0.25, 0.3) is 5.69 Å². The van der Waals surface area contributed by atoms with E-state index < -0.39 is 26.9 Å². The fraction of sp³-hybridized carbons (Fsp3) is 0.188. The van der Waals surface area contributed by atoms with Gasteiger partial charge in [0.1, 0.15) is 0 Å². The highest BCUT2D eigenvalue weighted by molar-refractivity contribution is 7.89. The van der Waals surface area contributed by atoms with Gasteiger partial charge in [-0.3, -0.25) is 14.9 Å². The summed E-state index contributed by atoms with van der Waals surface area (Å²) in [4.78, 5) is 22.6. The van der Waals surface area contributed by atoms with Crippen LogP contribution in [0.2, 0.25) is 0 Å². The molecule has 0 spiro atoms. The number of benzene rings is 2. The van der Waals surface area contributed by atoms with Crippen molar-refractivity contribution in [1.82, 2.24) is 5.32 Å². The lowest BCUT2D eigenvalue weighted by Gasteiger charge is -2.15. The minimum absolute atomic E-state index is 0.0511. The predicted molar refractivity (Wildman–Crippen MR) is 91.2 cm³/mol. The lowest BCUT2D eigenvalue weighted by molar-refractivity contribution is -0.385. The van der Waals surface area contributed by atoms with Crippen molar-refractivity contribution in [3.8, 4) is 0 Å². The van der Waals surface area contributed by atoms with E-state index >= 15 is 0 Å². The van der Waals surface area contributed by atoms with E-state index in [0.29, 0.717) is 11.1 Å². The van der Waals surface area contributed by atoms with Gasteiger partial charge < -0.3 is 5.32 Å². The number of hydrogen-bond donors (Lipinski definition) is 2. The van der Waals surface area contributed by atoms with Gasteiger partial charge in [0.05, 0.1) is 22.3 Å². The number of carbonyl (C=O) groups is 1. The van der Waals surface area contributed by atoms with Crippen LogP contribution in [0.1, 0.15) is 24.1 Å². The zero-order valence-corrected chi connectivity index (χ0v) is 14.2. The highest BCUT2D eigenvalue weighted by atomic mass is 32.2. The molecule has 0 saturated carbocycles.